The normalized spacial score (nSPS) is 13.5. The van der Waals surface area contributed by atoms with Gasteiger partial charge < -0.3 is 53.5 Å². The number of nitrogens with zero attached hydrogens (tertiary/aromatic N) is 1. The van der Waals surface area contributed by atoms with E-state index < -0.39 is 60.2 Å². The van der Waals surface area contributed by atoms with Crippen LogP contribution in [0.3, 0.4) is 0 Å². The number of phenols is 1. The molecular weight excluding hydrogens is 612 g/mol. The van der Waals surface area contributed by atoms with E-state index in [1.165, 1.54) is 12.1 Å². The van der Waals surface area contributed by atoms with Crippen molar-refractivity contribution in [3.63, 3.8) is 0 Å². The van der Waals surface area contributed by atoms with Crippen LogP contribution in [-0.2, 0) is 36.8 Å². The second-order valence-corrected chi connectivity index (χ2v) is 10.9. The van der Waals surface area contributed by atoms with Gasteiger partial charge in [0.05, 0.1) is 6.04 Å². The van der Waals surface area contributed by atoms with Crippen LogP contribution in [0.25, 0.3) is 10.9 Å². The Balaban J connectivity index is 1.81. The fourth-order valence-electron chi connectivity index (χ4n) is 4.83. The minimum Gasteiger partial charge on any atom is -0.508 e. The third-order valence-corrected chi connectivity index (χ3v) is 7.30. The highest BCUT2D eigenvalue weighted by molar-refractivity contribution is 5.95. The molecule has 0 radical (unpaired) electrons. The number of aromatic amines is 1. The highest BCUT2D eigenvalue weighted by Gasteiger charge is 2.31. The summed E-state index contributed by atoms with van der Waals surface area (Å²) >= 11 is 0. The molecule has 3 amide bonds. The summed E-state index contributed by atoms with van der Waals surface area (Å²) < 4.78 is 0. The van der Waals surface area contributed by atoms with E-state index >= 15 is 0 Å². The van der Waals surface area contributed by atoms with Gasteiger partial charge in [-0.2, -0.15) is 0 Å². The molecule has 3 aromatic rings. The molecule has 2 aromatic carbocycles. The topological polar surface area (TPSA) is 288 Å². The Bertz CT molecular complexity index is 1590. The number of aliphatic imine (C=N–C) groups is 1. The zero-order chi connectivity index (χ0) is 34.5. The number of carbonyl (C=O) groups excluding carboxylic acids is 3. The largest absolute Gasteiger partial charge is 0.508 e. The number of guanidine groups is 1. The number of aromatic nitrogens is 1. The van der Waals surface area contributed by atoms with Crippen molar-refractivity contribution < 1.29 is 39.3 Å². The summed E-state index contributed by atoms with van der Waals surface area (Å²) in [5, 5.41) is 36.7. The van der Waals surface area contributed by atoms with Gasteiger partial charge in [-0.25, -0.2) is 4.79 Å². The number of hydrogen-bond acceptors (Lipinski definition) is 8. The summed E-state index contributed by atoms with van der Waals surface area (Å²) in [6, 6.07) is 8.25. The number of phenolic OH excluding ortho intramolecular Hbond substituents is 1. The number of aromatic hydroxyl groups is 1. The number of carboxylic acids is 2. The first-order chi connectivity index (χ1) is 22.3. The lowest BCUT2D eigenvalue weighted by molar-refractivity contribution is -0.143. The van der Waals surface area contributed by atoms with Gasteiger partial charge >= 0.3 is 11.9 Å². The molecule has 0 bridgehead atoms. The molecule has 16 heteroatoms. The fraction of sp³-hybridized carbons (Fsp3) is 0.355. The van der Waals surface area contributed by atoms with Crippen molar-refractivity contribution in [2.45, 2.75) is 62.7 Å². The number of amides is 3. The Kier molecular flexibility index (Phi) is 13.1. The molecule has 1 aromatic heterocycles. The van der Waals surface area contributed by atoms with Crippen molar-refractivity contribution in [2.75, 3.05) is 6.54 Å². The number of carbonyl (C=O) groups is 5. The van der Waals surface area contributed by atoms with Crippen LogP contribution in [-0.4, -0.2) is 86.6 Å². The van der Waals surface area contributed by atoms with Crippen molar-refractivity contribution in [3.8, 4) is 5.75 Å². The standard InChI is InChI=1S/C31H40N8O8/c32-21(14-17-7-9-19(40)10-8-17)27(43)39-25(15-18-16-36-22-5-2-1-4-20(18)22)29(45)37-23(11-12-26(41)42)28(44)38-24(30(46)47)6-3-13-35-31(33)34/h1-2,4-5,7-10,16,21,23-25,36,40H,3,6,11-15,32H2,(H,37,45)(H,38,44)(H,39,43)(H,41,42)(H,46,47)(H4,33,34,35). The molecule has 0 saturated heterocycles. The SMILES string of the molecule is NC(N)=NCCCC(NC(=O)C(CCC(=O)O)NC(=O)C(Cc1c[nH]c2ccccc12)NC(=O)C(N)Cc1ccc(O)cc1)C(=O)O. The van der Waals surface area contributed by atoms with Crippen LogP contribution < -0.4 is 33.2 Å². The lowest BCUT2D eigenvalue weighted by Gasteiger charge is -2.25. The molecule has 0 fully saturated rings. The van der Waals surface area contributed by atoms with Gasteiger partial charge in [0.15, 0.2) is 5.96 Å². The number of fused-ring (bicyclic) bond motifs is 1. The van der Waals surface area contributed by atoms with Gasteiger partial charge in [-0.3, -0.25) is 24.2 Å². The van der Waals surface area contributed by atoms with Crippen molar-refractivity contribution in [2.24, 2.45) is 22.2 Å². The molecule has 1 heterocycles. The third-order valence-electron chi connectivity index (χ3n) is 7.30. The first-order valence-corrected chi connectivity index (χ1v) is 14.8. The van der Waals surface area contributed by atoms with Gasteiger partial charge in [-0.05, 0) is 55.0 Å². The number of benzene rings is 2. The minimum absolute atomic E-state index is 0.0245. The molecule has 47 heavy (non-hydrogen) atoms. The van der Waals surface area contributed by atoms with Crippen LogP contribution in [0.15, 0.2) is 59.7 Å². The smallest absolute Gasteiger partial charge is 0.326 e. The number of hydrogen-bond donors (Lipinski definition) is 10. The summed E-state index contributed by atoms with van der Waals surface area (Å²) in [4.78, 5) is 70.3. The highest BCUT2D eigenvalue weighted by atomic mass is 16.4. The van der Waals surface area contributed by atoms with Crippen LogP contribution >= 0.6 is 0 Å². The van der Waals surface area contributed by atoms with Gasteiger partial charge in [0.25, 0.3) is 0 Å². The van der Waals surface area contributed by atoms with Gasteiger partial charge in [-0.1, -0.05) is 30.3 Å². The number of aliphatic carboxylic acids is 2. The zero-order valence-electron chi connectivity index (χ0n) is 25.5. The van der Waals surface area contributed by atoms with Gasteiger partial charge in [-0.15, -0.1) is 0 Å². The lowest BCUT2D eigenvalue weighted by atomic mass is 10.0. The number of nitrogens with two attached hydrogens (primary N) is 3. The van der Waals surface area contributed by atoms with Crippen molar-refractivity contribution in [1.29, 1.82) is 0 Å². The van der Waals surface area contributed by atoms with E-state index in [1.807, 2.05) is 24.3 Å². The molecule has 4 atom stereocenters. The van der Waals surface area contributed by atoms with Crippen LogP contribution in [0.4, 0.5) is 0 Å². The maximum absolute atomic E-state index is 13.7. The monoisotopic (exact) mass is 652 g/mol. The quantitative estimate of drug-likeness (QED) is 0.0472. The maximum atomic E-state index is 13.7. The first kappa shape index (κ1) is 35.8. The second kappa shape index (κ2) is 17.2. The Hall–Kier alpha value is -5.64. The summed E-state index contributed by atoms with van der Waals surface area (Å²) in [5.74, 6) is -5.12. The first-order valence-electron chi connectivity index (χ1n) is 14.8. The molecular formula is C31H40N8O8. The van der Waals surface area contributed by atoms with Crippen molar-refractivity contribution in [3.05, 3.63) is 65.9 Å². The molecule has 0 aliphatic heterocycles. The second-order valence-electron chi connectivity index (χ2n) is 10.9. The highest BCUT2D eigenvalue weighted by Crippen LogP contribution is 2.20. The zero-order valence-corrected chi connectivity index (χ0v) is 25.5. The Morgan fingerprint density at radius 1 is 0.809 bits per heavy atom. The summed E-state index contributed by atoms with van der Waals surface area (Å²) in [7, 11) is 0. The summed E-state index contributed by atoms with van der Waals surface area (Å²) in [6.07, 6.45) is 1.04. The number of nitrogens with one attached hydrogen (secondary N) is 4. The lowest BCUT2D eigenvalue weighted by Crippen LogP contribution is -2.57. The van der Waals surface area contributed by atoms with Crippen LogP contribution in [0.5, 0.6) is 5.75 Å². The minimum atomic E-state index is -1.45. The maximum Gasteiger partial charge on any atom is 0.326 e. The Morgan fingerprint density at radius 3 is 2.11 bits per heavy atom. The van der Waals surface area contributed by atoms with E-state index in [4.69, 9.17) is 17.2 Å². The van der Waals surface area contributed by atoms with E-state index in [1.54, 1.807) is 18.3 Å². The van der Waals surface area contributed by atoms with E-state index in [0.29, 0.717) is 11.1 Å². The molecule has 3 rings (SSSR count). The molecule has 0 spiro atoms. The predicted molar refractivity (Wildman–Crippen MR) is 172 cm³/mol. The predicted octanol–water partition coefficient (Wildman–Crippen LogP) is -0.557. The van der Waals surface area contributed by atoms with E-state index in [-0.39, 0.29) is 50.4 Å². The molecule has 13 N–H and O–H groups in total. The fourth-order valence-corrected chi connectivity index (χ4v) is 4.83. The Morgan fingerprint density at radius 2 is 1.45 bits per heavy atom. The summed E-state index contributed by atoms with van der Waals surface area (Å²) in [5.41, 5.74) is 18.9. The number of para-hydroxylation sites is 1. The van der Waals surface area contributed by atoms with Crippen LogP contribution in [0.2, 0.25) is 0 Å². The van der Waals surface area contributed by atoms with Crippen LogP contribution in [0.1, 0.15) is 36.8 Å². The molecule has 0 aliphatic rings. The molecule has 0 aliphatic carbocycles. The number of carboxylic acid groups (broad SMARTS) is 2. The average molecular weight is 653 g/mol. The van der Waals surface area contributed by atoms with Crippen molar-refractivity contribution in [1.82, 2.24) is 20.9 Å². The van der Waals surface area contributed by atoms with E-state index in [0.717, 1.165) is 10.9 Å². The molecule has 252 valence electrons. The van der Waals surface area contributed by atoms with E-state index in [2.05, 4.69) is 25.9 Å². The third kappa shape index (κ3) is 11.3. The van der Waals surface area contributed by atoms with Crippen LogP contribution in [0, 0.1) is 0 Å². The van der Waals surface area contributed by atoms with Gasteiger partial charge in [0.1, 0.15) is 23.9 Å². The number of rotatable bonds is 18. The molecule has 16 nitrogen and oxygen atoms in total. The molecule has 0 saturated carbocycles. The Labute approximate surface area is 269 Å². The van der Waals surface area contributed by atoms with Gasteiger partial charge in [0.2, 0.25) is 17.7 Å². The summed E-state index contributed by atoms with van der Waals surface area (Å²) in [6.45, 7) is 0.116. The molecule has 4 unspecified atom stereocenters. The number of H-pyrrole nitrogens is 1. The average Bonchev–Trinajstić information content (AvgIpc) is 3.43. The van der Waals surface area contributed by atoms with Gasteiger partial charge in [0, 0.05) is 36.5 Å². The van der Waals surface area contributed by atoms with E-state index in [9.17, 15) is 39.3 Å². The van der Waals surface area contributed by atoms with Crippen molar-refractivity contribution >= 4 is 46.5 Å².